The Morgan fingerprint density at radius 3 is 3.00 bits per heavy atom. The summed E-state index contributed by atoms with van der Waals surface area (Å²) in [5.41, 5.74) is 0.908. The zero-order valence-corrected chi connectivity index (χ0v) is 11.7. The van der Waals surface area contributed by atoms with Crippen LogP contribution in [0.2, 0.25) is 0 Å². The van der Waals surface area contributed by atoms with Gasteiger partial charge >= 0.3 is 0 Å². The molecule has 7 heteroatoms. The summed E-state index contributed by atoms with van der Waals surface area (Å²) in [6, 6.07) is 3.61. The number of nitrogens with zero attached hydrogens (tertiary/aromatic N) is 2. The summed E-state index contributed by atoms with van der Waals surface area (Å²) in [6.07, 6.45) is 1.52. The lowest BCUT2D eigenvalue weighted by molar-refractivity contribution is 0.390. The van der Waals surface area contributed by atoms with E-state index in [1.54, 1.807) is 24.3 Å². The van der Waals surface area contributed by atoms with Crippen LogP contribution in [0.15, 0.2) is 43.0 Å². The van der Waals surface area contributed by atoms with E-state index in [4.69, 9.17) is 8.94 Å². The summed E-state index contributed by atoms with van der Waals surface area (Å²) in [6.45, 7) is 1.78. The monoisotopic (exact) mass is 294 g/mol. The molecule has 0 N–H and O–H groups in total. The quantitative estimate of drug-likeness (QED) is 0.740. The molecule has 1 atom stereocenters. The summed E-state index contributed by atoms with van der Waals surface area (Å²) >= 11 is 1.56. The lowest BCUT2D eigenvalue weighted by Gasteiger charge is -1.95. The Hall–Kier alpha value is -1.73. The Morgan fingerprint density at radius 2 is 2.32 bits per heavy atom. The molecule has 0 aromatic carbocycles. The van der Waals surface area contributed by atoms with E-state index < -0.39 is 10.8 Å². The van der Waals surface area contributed by atoms with Crippen molar-refractivity contribution in [1.29, 1.82) is 0 Å². The largest absolute Gasteiger partial charge is 0.468 e. The van der Waals surface area contributed by atoms with Crippen molar-refractivity contribution < 1.29 is 13.1 Å². The van der Waals surface area contributed by atoms with Gasteiger partial charge in [-0.2, -0.15) is 16.3 Å². The molecule has 0 saturated carbocycles. The van der Waals surface area contributed by atoms with Gasteiger partial charge in [0.05, 0.1) is 22.0 Å². The van der Waals surface area contributed by atoms with Crippen molar-refractivity contribution in [2.75, 3.05) is 0 Å². The molecule has 0 saturated heterocycles. The van der Waals surface area contributed by atoms with Gasteiger partial charge < -0.3 is 8.94 Å². The van der Waals surface area contributed by atoms with E-state index in [-0.39, 0.29) is 5.75 Å². The van der Waals surface area contributed by atoms with Crippen LogP contribution in [0.1, 0.15) is 11.7 Å². The minimum Gasteiger partial charge on any atom is -0.468 e. The third-order valence-corrected chi connectivity index (χ3v) is 4.67. The average Bonchev–Trinajstić information content (AvgIpc) is 3.07. The van der Waals surface area contributed by atoms with Crippen molar-refractivity contribution in [2.45, 2.75) is 17.6 Å². The first kappa shape index (κ1) is 12.3. The van der Waals surface area contributed by atoms with E-state index in [1.165, 1.54) is 6.26 Å². The SMILES string of the molecule is Cc1occc1[S@@](=O)Cc1nc(-c2ccsc2)no1. The fraction of sp³-hybridized carbons (Fsp3) is 0.167. The van der Waals surface area contributed by atoms with Crippen LogP contribution >= 0.6 is 11.3 Å². The summed E-state index contributed by atoms with van der Waals surface area (Å²) < 4.78 is 22.4. The highest BCUT2D eigenvalue weighted by Gasteiger charge is 2.15. The first-order valence-electron chi connectivity index (χ1n) is 5.51. The minimum atomic E-state index is -1.24. The van der Waals surface area contributed by atoms with Crippen LogP contribution in [0.4, 0.5) is 0 Å². The Kier molecular flexibility index (Phi) is 3.31. The molecule has 3 aromatic rings. The molecule has 3 aromatic heterocycles. The molecule has 0 spiro atoms. The predicted octanol–water partition coefficient (Wildman–Crippen LogP) is 3.01. The molecule has 0 radical (unpaired) electrons. The molecule has 0 unspecified atom stereocenters. The van der Waals surface area contributed by atoms with E-state index in [0.717, 1.165) is 5.56 Å². The van der Waals surface area contributed by atoms with Crippen LogP contribution in [0.3, 0.4) is 0 Å². The van der Waals surface area contributed by atoms with Crippen molar-refractivity contribution in [2.24, 2.45) is 0 Å². The standard InChI is InChI=1S/C12H10N2O3S2/c1-8-10(2-4-16-8)19(15)7-11-13-12(14-17-11)9-3-5-18-6-9/h2-6H,7H2,1H3/t19-/m0/s1. The van der Waals surface area contributed by atoms with Crippen molar-refractivity contribution in [3.8, 4) is 11.4 Å². The van der Waals surface area contributed by atoms with Gasteiger partial charge in [-0.15, -0.1) is 0 Å². The van der Waals surface area contributed by atoms with Crippen LogP contribution in [0.5, 0.6) is 0 Å². The van der Waals surface area contributed by atoms with E-state index in [2.05, 4.69) is 10.1 Å². The lowest BCUT2D eigenvalue weighted by Crippen LogP contribution is -1.97. The Balaban J connectivity index is 1.78. The second-order valence-corrected chi connectivity index (χ2v) is 6.05. The van der Waals surface area contributed by atoms with Crippen molar-refractivity contribution in [1.82, 2.24) is 10.1 Å². The maximum Gasteiger partial charge on any atom is 0.239 e. The molecule has 0 bridgehead atoms. The Labute approximate surface area is 115 Å². The molecule has 0 aliphatic carbocycles. The van der Waals surface area contributed by atoms with Crippen LogP contribution in [-0.4, -0.2) is 14.3 Å². The average molecular weight is 294 g/mol. The van der Waals surface area contributed by atoms with E-state index in [0.29, 0.717) is 22.4 Å². The fourth-order valence-corrected chi connectivity index (χ4v) is 3.33. The van der Waals surface area contributed by atoms with Crippen LogP contribution in [-0.2, 0) is 16.6 Å². The number of aromatic nitrogens is 2. The van der Waals surface area contributed by atoms with Gasteiger partial charge in [-0.05, 0) is 24.4 Å². The van der Waals surface area contributed by atoms with E-state index in [1.807, 2.05) is 16.8 Å². The molecule has 19 heavy (non-hydrogen) atoms. The Morgan fingerprint density at radius 1 is 1.42 bits per heavy atom. The smallest absolute Gasteiger partial charge is 0.239 e. The van der Waals surface area contributed by atoms with Gasteiger partial charge in [-0.3, -0.25) is 4.21 Å². The highest BCUT2D eigenvalue weighted by atomic mass is 32.2. The summed E-state index contributed by atoms with van der Waals surface area (Å²) in [5, 5.41) is 7.76. The molecule has 0 amide bonds. The van der Waals surface area contributed by atoms with Gasteiger partial charge in [0.2, 0.25) is 11.7 Å². The molecule has 98 valence electrons. The number of furan rings is 1. The minimum absolute atomic E-state index is 0.192. The van der Waals surface area contributed by atoms with Gasteiger partial charge in [-0.1, -0.05) is 5.16 Å². The topological polar surface area (TPSA) is 69.1 Å². The summed E-state index contributed by atoms with van der Waals surface area (Å²) in [5.74, 6) is 1.73. The van der Waals surface area contributed by atoms with Crippen molar-refractivity contribution in [3.63, 3.8) is 0 Å². The third-order valence-electron chi connectivity index (χ3n) is 2.56. The third kappa shape index (κ3) is 2.52. The zero-order chi connectivity index (χ0) is 13.2. The van der Waals surface area contributed by atoms with Crippen LogP contribution in [0.25, 0.3) is 11.4 Å². The summed E-state index contributed by atoms with van der Waals surface area (Å²) in [4.78, 5) is 4.90. The highest BCUT2D eigenvalue weighted by Crippen LogP contribution is 2.21. The van der Waals surface area contributed by atoms with E-state index >= 15 is 0 Å². The molecule has 0 fully saturated rings. The second-order valence-electron chi connectivity index (χ2n) is 3.85. The number of thiophene rings is 1. The summed E-state index contributed by atoms with van der Waals surface area (Å²) in [7, 11) is -1.24. The van der Waals surface area contributed by atoms with Crippen molar-refractivity contribution in [3.05, 3.63) is 40.8 Å². The lowest BCUT2D eigenvalue weighted by atomic mass is 10.3. The molecule has 0 aliphatic heterocycles. The van der Waals surface area contributed by atoms with Gasteiger partial charge in [0, 0.05) is 10.9 Å². The predicted molar refractivity (Wildman–Crippen MR) is 71.2 cm³/mol. The zero-order valence-electron chi connectivity index (χ0n) is 10.0. The number of rotatable bonds is 4. The maximum absolute atomic E-state index is 12.1. The number of aryl methyl sites for hydroxylation is 1. The first-order valence-corrected chi connectivity index (χ1v) is 7.78. The first-order chi connectivity index (χ1) is 9.24. The molecule has 5 nitrogen and oxygen atoms in total. The van der Waals surface area contributed by atoms with Crippen molar-refractivity contribution >= 4 is 22.1 Å². The normalized spacial score (nSPS) is 12.7. The van der Waals surface area contributed by atoms with Gasteiger partial charge in [-0.25, -0.2) is 0 Å². The molecule has 3 rings (SSSR count). The maximum atomic E-state index is 12.1. The second kappa shape index (κ2) is 5.10. The van der Waals surface area contributed by atoms with E-state index in [9.17, 15) is 4.21 Å². The Bertz CT molecular complexity index is 700. The van der Waals surface area contributed by atoms with Crippen LogP contribution in [0, 0.1) is 6.92 Å². The molecule has 0 aliphatic rings. The highest BCUT2D eigenvalue weighted by molar-refractivity contribution is 7.84. The van der Waals surface area contributed by atoms with Gasteiger partial charge in [0.1, 0.15) is 11.5 Å². The van der Waals surface area contributed by atoms with Crippen LogP contribution < -0.4 is 0 Å². The number of hydrogen-bond acceptors (Lipinski definition) is 6. The number of hydrogen-bond donors (Lipinski definition) is 0. The molecule has 3 heterocycles. The fourth-order valence-electron chi connectivity index (χ4n) is 1.62. The molecular formula is C12H10N2O3S2. The van der Waals surface area contributed by atoms with Gasteiger partial charge in [0.15, 0.2) is 0 Å². The van der Waals surface area contributed by atoms with Gasteiger partial charge in [0.25, 0.3) is 0 Å². The molecular weight excluding hydrogens is 284 g/mol.